The lowest BCUT2D eigenvalue weighted by Gasteiger charge is -2.09. The first-order valence-corrected chi connectivity index (χ1v) is 10.1. The van der Waals surface area contributed by atoms with Crippen LogP contribution in [0.25, 0.3) is 11.0 Å². The lowest BCUT2D eigenvalue weighted by atomic mass is 10.1. The van der Waals surface area contributed by atoms with E-state index in [4.69, 9.17) is 0 Å². The number of H-pyrrole nitrogens is 1. The minimum atomic E-state index is -3.63. The summed E-state index contributed by atoms with van der Waals surface area (Å²) in [5.41, 5.74) is 3.67. The Hall–Kier alpha value is -2.71. The number of para-hydroxylation sites is 2. The second-order valence-electron chi connectivity index (χ2n) is 6.37. The van der Waals surface area contributed by atoms with Crippen molar-refractivity contribution < 1.29 is 13.2 Å². The second-order valence-corrected chi connectivity index (χ2v) is 8.14. The SMILES string of the molecule is Cc1ccc(S(=O)(=O)NCCC(=O)NCc2nc3ccccc3[nH]2)cc1C. The van der Waals surface area contributed by atoms with Crippen LogP contribution in [0.3, 0.4) is 0 Å². The number of carbonyl (C=O) groups is 1. The van der Waals surface area contributed by atoms with Crippen molar-refractivity contribution in [2.45, 2.75) is 31.7 Å². The molecule has 142 valence electrons. The van der Waals surface area contributed by atoms with Crippen molar-refractivity contribution in [3.05, 3.63) is 59.4 Å². The van der Waals surface area contributed by atoms with Gasteiger partial charge in [-0.1, -0.05) is 18.2 Å². The van der Waals surface area contributed by atoms with Gasteiger partial charge < -0.3 is 10.3 Å². The molecule has 0 unspecified atom stereocenters. The van der Waals surface area contributed by atoms with E-state index in [-0.39, 0.29) is 30.3 Å². The number of amides is 1. The van der Waals surface area contributed by atoms with Gasteiger partial charge in [0.15, 0.2) is 0 Å². The van der Waals surface area contributed by atoms with E-state index in [1.165, 1.54) is 0 Å². The van der Waals surface area contributed by atoms with Gasteiger partial charge in [-0.3, -0.25) is 4.79 Å². The van der Waals surface area contributed by atoms with Crippen LogP contribution in [0.2, 0.25) is 0 Å². The topological polar surface area (TPSA) is 104 Å². The van der Waals surface area contributed by atoms with E-state index in [1.54, 1.807) is 18.2 Å². The Kier molecular flexibility index (Phi) is 5.57. The number of hydrogen-bond donors (Lipinski definition) is 3. The predicted octanol–water partition coefficient (Wildman–Crippen LogP) is 2.16. The molecule has 27 heavy (non-hydrogen) atoms. The van der Waals surface area contributed by atoms with Crippen molar-refractivity contribution >= 4 is 27.0 Å². The Morgan fingerprint density at radius 2 is 1.89 bits per heavy atom. The van der Waals surface area contributed by atoms with Crippen molar-refractivity contribution in [1.29, 1.82) is 0 Å². The van der Waals surface area contributed by atoms with Crippen LogP contribution in [0.15, 0.2) is 47.4 Å². The third-order valence-corrected chi connectivity index (χ3v) is 5.78. The predicted molar refractivity (Wildman–Crippen MR) is 104 cm³/mol. The van der Waals surface area contributed by atoms with Gasteiger partial charge >= 0.3 is 0 Å². The number of sulfonamides is 1. The summed E-state index contributed by atoms with van der Waals surface area (Å²) in [4.78, 5) is 19.7. The smallest absolute Gasteiger partial charge is 0.240 e. The molecule has 0 atom stereocenters. The number of hydrogen-bond acceptors (Lipinski definition) is 4. The Morgan fingerprint density at radius 3 is 2.63 bits per heavy atom. The van der Waals surface area contributed by atoms with Gasteiger partial charge in [0.2, 0.25) is 15.9 Å². The summed E-state index contributed by atoms with van der Waals surface area (Å²) >= 11 is 0. The molecular weight excluding hydrogens is 364 g/mol. The number of aromatic nitrogens is 2. The highest BCUT2D eigenvalue weighted by Gasteiger charge is 2.15. The molecule has 0 saturated heterocycles. The average molecular weight is 386 g/mol. The fraction of sp³-hybridized carbons (Fsp3) is 0.263. The third-order valence-electron chi connectivity index (χ3n) is 4.32. The quantitative estimate of drug-likeness (QED) is 0.579. The summed E-state index contributed by atoms with van der Waals surface area (Å²) in [6, 6.07) is 12.6. The molecule has 2 aromatic carbocycles. The molecule has 0 fully saturated rings. The first kappa shape index (κ1) is 19.1. The lowest BCUT2D eigenvalue weighted by molar-refractivity contribution is -0.121. The van der Waals surface area contributed by atoms with Crippen LogP contribution >= 0.6 is 0 Å². The monoisotopic (exact) mass is 386 g/mol. The Morgan fingerprint density at radius 1 is 1.11 bits per heavy atom. The maximum atomic E-state index is 12.3. The summed E-state index contributed by atoms with van der Waals surface area (Å²) < 4.78 is 27.1. The standard InChI is InChI=1S/C19H22N4O3S/c1-13-7-8-15(11-14(13)2)27(25,26)21-10-9-19(24)20-12-18-22-16-5-3-4-6-17(16)23-18/h3-8,11,21H,9-10,12H2,1-2H3,(H,20,24)(H,22,23). The number of rotatable bonds is 7. The zero-order chi connectivity index (χ0) is 19.4. The highest BCUT2D eigenvalue weighted by atomic mass is 32.2. The van der Waals surface area contributed by atoms with Crippen molar-refractivity contribution in [3.63, 3.8) is 0 Å². The first-order chi connectivity index (χ1) is 12.8. The first-order valence-electron chi connectivity index (χ1n) is 8.62. The second kappa shape index (κ2) is 7.89. The molecule has 0 radical (unpaired) electrons. The minimum absolute atomic E-state index is 0.0290. The molecule has 0 aliphatic heterocycles. The molecule has 0 aliphatic carbocycles. The summed E-state index contributed by atoms with van der Waals surface area (Å²) in [6.07, 6.45) is 0.0459. The molecule has 3 N–H and O–H groups in total. The Bertz CT molecular complexity index is 1040. The Labute approximate surface area is 158 Å². The summed E-state index contributed by atoms with van der Waals surface area (Å²) in [5, 5.41) is 2.74. The van der Waals surface area contributed by atoms with Crippen LogP contribution in [-0.2, 0) is 21.4 Å². The molecule has 1 aromatic heterocycles. The van der Waals surface area contributed by atoms with Gasteiger partial charge in [-0.25, -0.2) is 18.1 Å². The zero-order valence-electron chi connectivity index (χ0n) is 15.2. The molecular formula is C19H22N4O3S. The van der Waals surface area contributed by atoms with Gasteiger partial charge in [-0.05, 0) is 49.2 Å². The Balaban J connectivity index is 1.49. The number of carbonyl (C=O) groups excluding carboxylic acids is 1. The zero-order valence-corrected chi connectivity index (χ0v) is 16.1. The highest BCUT2D eigenvalue weighted by Crippen LogP contribution is 2.14. The number of aryl methyl sites for hydroxylation is 2. The third kappa shape index (κ3) is 4.72. The van der Waals surface area contributed by atoms with Crippen LogP contribution in [0, 0.1) is 13.8 Å². The van der Waals surface area contributed by atoms with E-state index in [2.05, 4.69) is 20.0 Å². The molecule has 7 nitrogen and oxygen atoms in total. The van der Waals surface area contributed by atoms with Crippen molar-refractivity contribution in [1.82, 2.24) is 20.0 Å². The minimum Gasteiger partial charge on any atom is -0.349 e. The average Bonchev–Trinajstić information content (AvgIpc) is 3.05. The number of nitrogens with zero attached hydrogens (tertiary/aromatic N) is 1. The van der Waals surface area contributed by atoms with E-state index in [0.29, 0.717) is 5.82 Å². The van der Waals surface area contributed by atoms with Gasteiger partial charge in [-0.15, -0.1) is 0 Å². The van der Waals surface area contributed by atoms with Crippen molar-refractivity contribution in [2.75, 3.05) is 6.54 Å². The van der Waals surface area contributed by atoms with E-state index >= 15 is 0 Å². The van der Waals surface area contributed by atoms with Crippen LogP contribution in [0.4, 0.5) is 0 Å². The van der Waals surface area contributed by atoms with E-state index < -0.39 is 10.0 Å². The molecule has 0 saturated carbocycles. The van der Waals surface area contributed by atoms with Gasteiger partial charge in [-0.2, -0.15) is 0 Å². The molecule has 0 bridgehead atoms. The number of nitrogens with one attached hydrogen (secondary N) is 3. The van der Waals surface area contributed by atoms with Crippen molar-refractivity contribution in [2.24, 2.45) is 0 Å². The molecule has 1 amide bonds. The van der Waals surface area contributed by atoms with E-state index in [0.717, 1.165) is 22.2 Å². The fourth-order valence-electron chi connectivity index (χ4n) is 2.62. The molecule has 0 aliphatic rings. The molecule has 0 spiro atoms. The maximum absolute atomic E-state index is 12.3. The summed E-state index contributed by atoms with van der Waals surface area (Å²) in [5.74, 6) is 0.401. The number of fused-ring (bicyclic) bond motifs is 1. The van der Waals surface area contributed by atoms with Gasteiger partial charge in [0.05, 0.1) is 22.5 Å². The summed E-state index contributed by atoms with van der Waals surface area (Å²) in [7, 11) is -3.63. The van der Waals surface area contributed by atoms with Gasteiger partial charge in [0, 0.05) is 13.0 Å². The molecule has 1 heterocycles. The molecule has 8 heteroatoms. The maximum Gasteiger partial charge on any atom is 0.240 e. The fourth-order valence-corrected chi connectivity index (χ4v) is 3.74. The number of benzene rings is 2. The van der Waals surface area contributed by atoms with Crippen LogP contribution < -0.4 is 10.0 Å². The summed E-state index contributed by atoms with van der Waals surface area (Å²) in [6.45, 7) is 4.07. The van der Waals surface area contributed by atoms with Crippen LogP contribution in [0.5, 0.6) is 0 Å². The normalized spacial score (nSPS) is 11.6. The van der Waals surface area contributed by atoms with Gasteiger partial charge in [0.1, 0.15) is 5.82 Å². The number of aromatic amines is 1. The van der Waals surface area contributed by atoms with Crippen LogP contribution in [-0.4, -0.2) is 30.8 Å². The van der Waals surface area contributed by atoms with E-state index in [9.17, 15) is 13.2 Å². The number of imidazole rings is 1. The van der Waals surface area contributed by atoms with Gasteiger partial charge in [0.25, 0.3) is 0 Å². The van der Waals surface area contributed by atoms with E-state index in [1.807, 2.05) is 38.1 Å². The molecule has 3 rings (SSSR count). The lowest BCUT2D eigenvalue weighted by Crippen LogP contribution is -2.30. The largest absolute Gasteiger partial charge is 0.349 e. The van der Waals surface area contributed by atoms with Crippen LogP contribution in [0.1, 0.15) is 23.4 Å². The van der Waals surface area contributed by atoms with Crippen molar-refractivity contribution in [3.8, 4) is 0 Å². The molecule has 3 aromatic rings. The highest BCUT2D eigenvalue weighted by molar-refractivity contribution is 7.89.